The molecule has 1 fully saturated rings. The van der Waals surface area contributed by atoms with Crippen LogP contribution >= 0.6 is 0 Å². The smallest absolute Gasteiger partial charge is 0.414 e. The number of hydrogen-bond donors (Lipinski definition) is 0. The van der Waals surface area contributed by atoms with Gasteiger partial charge in [0.25, 0.3) is 0 Å². The van der Waals surface area contributed by atoms with Gasteiger partial charge in [-0.1, -0.05) is 18.2 Å². The first-order chi connectivity index (χ1) is 16.6. The van der Waals surface area contributed by atoms with E-state index in [1.807, 2.05) is 56.0 Å². The Morgan fingerprint density at radius 3 is 2.51 bits per heavy atom. The predicted octanol–water partition coefficient (Wildman–Crippen LogP) is 4.19. The minimum Gasteiger partial charge on any atom is -0.482 e. The zero-order chi connectivity index (χ0) is 25.4. The summed E-state index contributed by atoms with van der Waals surface area (Å²) in [6.45, 7) is 7.13. The van der Waals surface area contributed by atoms with E-state index in [0.29, 0.717) is 18.8 Å². The summed E-state index contributed by atoms with van der Waals surface area (Å²) in [5, 5.41) is 0. The number of carbonyl (C=O) groups is 3. The highest BCUT2D eigenvalue weighted by molar-refractivity contribution is 5.88. The van der Waals surface area contributed by atoms with Crippen LogP contribution in [0.5, 0.6) is 5.75 Å². The van der Waals surface area contributed by atoms with Crippen molar-refractivity contribution in [1.82, 2.24) is 9.80 Å². The fraction of sp³-hybridized carbons (Fsp3) is 0.444. The van der Waals surface area contributed by atoms with E-state index in [0.717, 1.165) is 30.5 Å². The number of rotatable bonds is 6. The van der Waals surface area contributed by atoms with E-state index >= 15 is 0 Å². The molecule has 1 saturated heterocycles. The molecule has 2 heterocycles. The molecule has 0 N–H and O–H groups in total. The van der Waals surface area contributed by atoms with Crippen LogP contribution in [0, 0.1) is 0 Å². The molecule has 0 saturated carbocycles. The maximum Gasteiger partial charge on any atom is 0.414 e. The van der Waals surface area contributed by atoms with Crippen LogP contribution in [0.15, 0.2) is 60.3 Å². The first-order valence-electron chi connectivity index (χ1n) is 11.8. The predicted molar refractivity (Wildman–Crippen MR) is 132 cm³/mol. The lowest BCUT2D eigenvalue weighted by Gasteiger charge is -2.32. The average Bonchev–Trinajstić information content (AvgIpc) is 2.85. The molecule has 0 bridgehead atoms. The zero-order valence-corrected chi connectivity index (χ0v) is 20.9. The lowest BCUT2D eigenvalue weighted by molar-refractivity contribution is -0.142. The van der Waals surface area contributed by atoms with E-state index in [9.17, 15) is 14.4 Å². The van der Waals surface area contributed by atoms with Gasteiger partial charge in [0, 0.05) is 37.8 Å². The lowest BCUT2D eigenvalue weighted by atomic mass is 9.90. The highest BCUT2D eigenvalue weighted by Crippen LogP contribution is 2.28. The Labute approximate surface area is 206 Å². The molecule has 0 aliphatic carbocycles. The molecule has 1 unspecified atom stereocenters. The van der Waals surface area contributed by atoms with Gasteiger partial charge < -0.3 is 19.1 Å². The molecule has 2 aliphatic heterocycles. The van der Waals surface area contributed by atoms with E-state index in [1.54, 1.807) is 24.4 Å². The third kappa shape index (κ3) is 8.02. The van der Waals surface area contributed by atoms with Crippen molar-refractivity contribution in [3.63, 3.8) is 0 Å². The summed E-state index contributed by atoms with van der Waals surface area (Å²) >= 11 is 0. The summed E-state index contributed by atoms with van der Waals surface area (Å²) < 4.78 is 15.4. The Balaban J connectivity index is 1.51. The lowest BCUT2D eigenvalue weighted by Crippen LogP contribution is -2.38. The highest BCUT2D eigenvalue weighted by atomic mass is 16.6. The quantitative estimate of drug-likeness (QED) is 0.446. The third-order valence-corrected chi connectivity index (χ3v) is 5.69. The van der Waals surface area contributed by atoms with Crippen molar-refractivity contribution in [3.05, 3.63) is 65.9 Å². The van der Waals surface area contributed by atoms with Crippen molar-refractivity contribution in [3.8, 4) is 5.75 Å². The summed E-state index contributed by atoms with van der Waals surface area (Å²) in [7, 11) is 1.32. The molecule has 35 heavy (non-hydrogen) atoms. The molecule has 1 atom stereocenters. The second-order valence-corrected chi connectivity index (χ2v) is 9.54. The first kappa shape index (κ1) is 26.1. The molecule has 2 aliphatic rings. The van der Waals surface area contributed by atoms with Crippen molar-refractivity contribution < 1.29 is 28.6 Å². The molecule has 0 aromatic heterocycles. The fourth-order valence-electron chi connectivity index (χ4n) is 3.85. The van der Waals surface area contributed by atoms with Crippen LogP contribution in [0.1, 0.15) is 45.1 Å². The maximum absolute atomic E-state index is 12.8. The molecule has 2 amide bonds. The van der Waals surface area contributed by atoms with Crippen molar-refractivity contribution in [2.24, 2.45) is 0 Å². The first-order valence-corrected chi connectivity index (χ1v) is 11.8. The normalized spacial score (nSPS) is 18.3. The van der Waals surface area contributed by atoms with Crippen molar-refractivity contribution in [1.29, 1.82) is 0 Å². The van der Waals surface area contributed by atoms with Crippen LogP contribution in [0.25, 0.3) is 0 Å². The van der Waals surface area contributed by atoms with Crippen molar-refractivity contribution in [2.75, 3.05) is 33.4 Å². The van der Waals surface area contributed by atoms with Gasteiger partial charge >= 0.3 is 12.1 Å². The maximum atomic E-state index is 12.8. The van der Waals surface area contributed by atoms with Gasteiger partial charge in [-0.2, -0.15) is 0 Å². The molecule has 1 aromatic carbocycles. The van der Waals surface area contributed by atoms with Gasteiger partial charge in [0.2, 0.25) is 5.91 Å². The van der Waals surface area contributed by atoms with Gasteiger partial charge in [-0.3, -0.25) is 9.69 Å². The van der Waals surface area contributed by atoms with E-state index in [2.05, 4.69) is 4.74 Å². The number of carbonyl (C=O) groups excluding carboxylic acids is 3. The van der Waals surface area contributed by atoms with E-state index in [1.165, 1.54) is 12.0 Å². The molecule has 8 nitrogen and oxygen atoms in total. The molecular formula is C27H34N2O6. The topological polar surface area (TPSA) is 85.4 Å². The van der Waals surface area contributed by atoms with Gasteiger partial charge in [-0.25, -0.2) is 9.59 Å². The van der Waals surface area contributed by atoms with Gasteiger partial charge in [0.1, 0.15) is 11.4 Å². The number of methoxy groups -OCH3 is 1. The Morgan fingerprint density at radius 2 is 1.89 bits per heavy atom. The van der Waals surface area contributed by atoms with Crippen LogP contribution < -0.4 is 4.74 Å². The summed E-state index contributed by atoms with van der Waals surface area (Å²) in [5.74, 6) is 0.386. The monoisotopic (exact) mass is 482 g/mol. The number of allylic oxidation sites excluding steroid dienone is 3. The zero-order valence-electron chi connectivity index (χ0n) is 20.9. The Bertz CT molecular complexity index is 1000. The number of benzene rings is 1. The number of nitrogens with zero attached hydrogens (tertiary/aromatic N) is 2. The second kappa shape index (κ2) is 11.7. The minimum atomic E-state index is -0.548. The number of ether oxygens (including phenoxy) is 3. The van der Waals surface area contributed by atoms with Gasteiger partial charge in [0.05, 0.1) is 7.11 Å². The largest absolute Gasteiger partial charge is 0.482 e. The molecule has 1 aromatic rings. The highest BCUT2D eigenvalue weighted by Gasteiger charge is 2.24. The van der Waals surface area contributed by atoms with Crippen LogP contribution in [0.4, 0.5) is 4.79 Å². The van der Waals surface area contributed by atoms with Crippen LogP contribution in [0.3, 0.4) is 0 Å². The molecular weight excluding hydrogens is 448 g/mol. The summed E-state index contributed by atoms with van der Waals surface area (Å²) in [5.41, 5.74) is 1.46. The minimum absolute atomic E-state index is 0.0309. The summed E-state index contributed by atoms with van der Waals surface area (Å²) in [6, 6.07) is 7.63. The fourth-order valence-corrected chi connectivity index (χ4v) is 3.85. The van der Waals surface area contributed by atoms with Crippen molar-refractivity contribution >= 4 is 18.0 Å². The average molecular weight is 483 g/mol. The number of piperidine rings is 1. The van der Waals surface area contributed by atoms with E-state index in [-0.39, 0.29) is 18.4 Å². The van der Waals surface area contributed by atoms with Crippen LogP contribution in [-0.4, -0.2) is 66.7 Å². The van der Waals surface area contributed by atoms with Crippen LogP contribution in [0.2, 0.25) is 0 Å². The van der Waals surface area contributed by atoms with E-state index < -0.39 is 17.7 Å². The number of hydrogen-bond acceptors (Lipinski definition) is 6. The molecule has 3 rings (SSSR count). The standard InChI is InChI=1S/C27H34N2O6/c1-27(2,3)35-26(32)28-16-13-20(14-17-28)7-12-24(30)29-15-5-6-22(18-29)21-8-10-23(11-9-21)34-19-25(31)33-4/h7-14,16,22H,5-6,15,17-19H2,1-4H3/b12-7+. The van der Waals surface area contributed by atoms with Crippen LogP contribution in [-0.2, 0) is 19.1 Å². The van der Waals surface area contributed by atoms with Gasteiger partial charge in [-0.05, 0) is 69.0 Å². The van der Waals surface area contributed by atoms with Crippen molar-refractivity contribution in [2.45, 2.75) is 45.1 Å². The molecule has 0 spiro atoms. The number of amides is 2. The Hall–Kier alpha value is -3.55. The Morgan fingerprint density at radius 1 is 1.14 bits per heavy atom. The van der Waals surface area contributed by atoms with E-state index in [4.69, 9.17) is 9.47 Å². The van der Waals surface area contributed by atoms with Gasteiger partial charge in [0.15, 0.2) is 6.61 Å². The third-order valence-electron chi connectivity index (χ3n) is 5.69. The SMILES string of the molecule is COC(=O)COc1ccc(C2CCCN(C(=O)/C=C/C3=CCN(C(=O)OC(C)(C)C)C=C3)C2)cc1. The number of esters is 1. The number of likely N-dealkylation sites (tertiary alicyclic amines) is 1. The molecule has 8 heteroatoms. The second-order valence-electron chi connectivity index (χ2n) is 9.54. The molecule has 0 radical (unpaired) electrons. The van der Waals surface area contributed by atoms with Gasteiger partial charge in [-0.15, -0.1) is 0 Å². The summed E-state index contributed by atoms with van der Waals surface area (Å²) in [4.78, 5) is 39.5. The summed E-state index contributed by atoms with van der Waals surface area (Å²) in [6.07, 6.45) is 10.3. The Kier molecular flexibility index (Phi) is 8.73. The molecule has 188 valence electrons.